The van der Waals surface area contributed by atoms with Crippen molar-refractivity contribution in [1.29, 1.82) is 0 Å². The maximum atomic E-state index is 12.8. The number of benzene rings is 3. The van der Waals surface area contributed by atoms with Crippen molar-refractivity contribution in [3.8, 4) is 11.4 Å². The van der Waals surface area contributed by atoms with Crippen molar-refractivity contribution in [2.24, 2.45) is 23.7 Å². The van der Waals surface area contributed by atoms with E-state index >= 15 is 0 Å². The number of H-pyrrole nitrogens is 1. The van der Waals surface area contributed by atoms with E-state index in [-0.39, 0.29) is 23.7 Å². The molecule has 0 spiro atoms. The molecule has 5 atom stereocenters. The highest BCUT2D eigenvalue weighted by atomic mass is 16.2. The average molecular weight is 491 g/mol. The van der Waals surface area contributed by atoms with Crippen molar-refractivity contribution in [1.82, 2.24) is 9.97 Å². The van der Waals surface area contributed by atoms with E-state index < -0.39 is 0 Å². The molecule has 3 N–H and O–H groups in total. The Morgan fingerprint density at radius 2 is 1.54 bits per heavy atom. The van der Waals surface area contributed by atoms with E-state index in [0.29, 0.717) is 11.8 Å². The highest BCUT2D eigenvalue weighted by Crippen LogP contribution is 2.49. The standard InChI is InChI=1S/C31H30N4O2/c36-30(25-15-18-6-7-21(25)14-18)32-22-10-8-20(9-11-22)29-34-27-13-12-23(16-28(27)35-29)33-31(37)26-17-24(26)19-4-2-1-3-5-19/h1-5,8-13,16,18,21,24-26H,6-7,14-15,17H2,(H,32,36)(H,33,37)(H,34,35). The minimum Gasteiger partial charge on any atom is -0.338 e. The Balaban J connectivity index is 1.01. The lowest BCUT2D eigenvalue weighted by Gasteiger charge is -2.20. The molecule has 6 nitrogen and oxygen atoms in total. The van der Waals surface area contributed by atoms with E-state index in [1.165, 1.54) is 24.8 Å². The van der Waals surface area contributed by atoms with E-state index in [2.05, 4.69) is 27.8 Å². The predicted octanol–water partition coefficient (Wildman–Crippen LogP) is 6.35. The molecule has 3 aromatic carbocycles. The zero-order valence-corrected chi connectivity index (χ0v) is 20.6. The van der Waals surface area contributed by atoms with Crippen LogP contribution < -0.4 is 10.6 Å². The largest absolute Gasteiger partial charge is 0.338 e. The molecule has 3 fully saturated rings. The average Bonchev–Trinajstić information content (AvgIpc) is 3.22. The van der Waals surface area contributed by atoms with Crippen molar-refractivity contribution in [3.63, 3.8) is 0 Å². The number of amides is 2. The van der Waals surface area contributed by atoms with Gasteiger partial charge in [-0.3, -0.25) is 9.59 Å². The summed E-state index contributed by atoms with van der Waals surface area (Å²) in [4.78, 5) is 33.7. The minimum absolute atomic E-state index is 0.0262. The summed E-state index contributed by atoms with van der Waals surface area (Å²) in [5.74, 6) is 2.83. The minimum atomic E-state index is 0.0262. The van der Waals surface area contributed by atoms with Gasteiger partial charge in [-0.1, -0.05) is 36.8 Å². The highest BCUT2D eigenvalue weighted by molar-refractivity contribution is 5.97. The topological polar surface area (TPSA) is 86.9 Å². The molecule has 0 radical (unpaired) electrons. The molecule has 186 valence electrons. The fraction of sp³-hybridized carbons (Fsp3) is 0.323. The van der Waals surface area contributed by atoms with E-state index in [9.17, 15) is 9.59 Å². The van der Waals surface area contributed by atoms with Crippen LogP contribution in [0.2, 0.25) is 0 Å². The fourth-order valence-corrected chi connectivity index (χ4v) is 6.52. The zero-order chi connectivity index (χ0) is 24.9. The van der Waals surface area contributed by atoms with Gasteiger partial charge in [0.15, 0.2) is 0 Å². The first-order chi connectivity index (χ1) is 18.1. The lowest BCUT2D eigenvalue weighted by Crippen LogP contribution is -2.27. The summed E-state index contributed by atoms with van der Waals surface area (Å²) in [6.07, 6.45) is 5.66. The molecule has 2 amide bonds. The van der Waals surface area contributed by atoms with E-state index in [0.717, 1.165) is 52.6 Å². The van der Waals surface area contributed by atoms with Crippen molar-refractivity contribution in [3.05, 3.63) is 78.4 Å². The molecule has 5 unspecified atom stereocenters. The number of aromatic nitrogens is 2. The summed E-state index contributed by atoms with van der Waals surface area (Å²) in [6.45, 7) is 0. The number of carbonyl (C=O) groups is 2. The Morgan fingerprint density at radius 1 is 0.784 bits per heavy atom. The van der Waals surface area contributed by atoms with Crippen LogP contribution in [0.3, 0.4) is 0 Å². The van der Waals surface area contributed by atoms with E-state index in [1.807, 2.05) is 60.7 Å². The van der Waals surface area contributed by atoms with Gasteiger partial charge in [-0.05, 0) is 91.5 Å². The van der Waals surface area contributed by atoms with Gasteiger partial charge < -0.3 is 15.6 Å². The van der Waals surface area contributed by atoms with Gasteiger partial charge in [-0.2, -0.15) is 0 Å². The number of fused-ring (bicyclic) bond motifs is 3. The third-order valence-electron chi connectivity index (χ3n) is 8.61. The highest BCUT2D eigenvalue weighted by Gasteiger charge is 2.44. The lowest BCUT2D eigenvalue weighted by molar-refractivity contribution is -0.121. The van der Waals surface area contributed by atoms with Crippen LogP contribution in [0.4, 0.5) is 11.4 Å². The van der Waals surface area contributed by atoms with E-state index in [4.69, 9.17) is 4.98 Å². The Labute approximate surface area is 215 Å². The first-order valence-electron chi connectivity index (χ1n) is 13.4. The Morgan fingerprint density at radius 3 is 2.30 bits per heavy atom. The summed E-state index contributed by atoms with van der Waals surface area (Å²) in [5.41, 5.74) is 5.49. The van der Waals surface area contributed by atoms with Gasteiger partial charge in [0.25, 0.3) is 0 Å². The zero-order valence-electron chi connectivity index (χ0n) is 20.6. The molecule has 0 aliphatic heterocycles. The van der Waals surface area contributed by atoms with Crippen LogP contribution in [-0.2, 0) is 9.59 Å². The molecule has 0 saturated heterocycles. The first kappa shape index (κ1) is 22.3. The number of hydrogen-bond acceptors (Lipinski definition) is 3. The van der Waals surface area contributed by atoms with E-state index in [1.54, 1.807) is 0 Å². The molecule has 1 heterocycles. The Hall–Kier alpha value is -3.93. The lowest BCUT2D eigenvalue weighted by atomic mass is 9.88. The number of imidazole rings is 1. The summed E-state index contributed by atoms with van der Waals surface area (Å²) in [5, 5.41) is 6.19. The molecule has 3 saturated carbocycles. The smallest absolute Gasteiger partial charge is 0.228 e. The Kier molecular flexibility index (Phi) is 5.34. The second-order valence-electron chi connectivity index (χ2n) is 11.0. The number of nitrogens with one attached hydrogen (secondary N) is 3. The first-order valence-corrected chi connectivity index (χ1v) is 13.4. The van der Waals surface area contributed by atoms with Crippen LogP contribution in [0.5, 0.6) is 0 Å². The molecular formula is C31H30N4O2. The number of carbonyl (C=O) groups excluding carboxylic acids is 2. The third-order valence-corrected chi connectivity index (χ3v) is 8.61. The molecular weight excluding hydrogens is 460 g/mol. The second-order valence-corrected chi connectivity index (χ2v) is 11.0. The summed E-state index contributed by atoms with van der Waals surface area (Å²) in [7, 11) is 0. The van der Waals surface area contributed by atoms with Gasteiger partial charge in [0.05, 0.1) is 11.0 Å². The number of rotatable bonds is 6. The van der Waals surface area contributed by atoms with Crippen LogP contribution in [0.25, 0.3) is 22.4 Å². The molecule has 1 aromatic heterocycles. The maximum Gasteiger partial charge on any atom is 0.228 e. The van der Waals surface area contributed by atoms with Gasteiger partial charge in [-0.15, -0.1) is 0 Å². The van der Waals surface area contributed by atoms with Gasteiger partial charge in [0.1, 0.15) is 5.82 Å². The molecule has 6 heteroatoms. The third kappa shape index (κ3) is 4.31. The number of anilines is 2. The van der Waals surface area contributed by atoms with Crippen LogP contribution in [0, 0.1) is 23.7 Å². The van der Waals surface area contributed by atoms with Gasteiger partial charge >= 0.3 is 0 Å². The molecule has 4 aromatic rings. The van der Waals surface area contributed by atoms with Crippen molar-refractivity contribution in [2.45, 2.75) is 38.0 Å². The number of nitrogens with zero attached hydrogens (tertiary/aromatic N) is 1. The van der Waals surface area contributed by atoms with Crippen LogP contribution in [-0.4, -0.2) is 21.8 Å². The van der Waals surface area contributed by atoms with Crippen LogP contribution in [0.15, 0.2) is 72.8 Å². The molecule has 7 rings (SSSR count). The molecule has 37 heavy (non-hydrogen) atoms. The Bertz CT molecular complexity index is 1480. The van der Waals surface area contributed by atoms with Gasteiger partial charge in [0, 0.05) is 28.8 Å². The summed E-state index contributed by atoms with van der Waals surface area (Å²) < 4.78 is 0. The van der Waals surface area contributed by atoms with Crippen molar-refractivity contribution < 1.29 is 9.59 Å². The van der Waals surface area contributed by atoms with Crippen LogP contribution in [0.1, 0.15) is 43.6 Å². The molecule has 3 aliphatic rings. The molecule has 3 aliphatic carbocycles. The van der Waals surface area contributed by atoms with Crippen LogP contribution >= 0.6 is 0 Å². The monoisotopic (exact) mass is 490 g/mol. The van der Waals surface area contributed by atoms with Gasteiger partial charge in [-0.25, -0.2) is 4.98 Å². The normalized spacial score (nSPS) is 25.8. The van der Waals surface area contributed by atoms with Crippen molar-refractivity contribution >= 4 is 34.2 Å². The number of hydrogen-bond donors (Lipinski definition) is 3. The summed E-state index contributed by atoms with van der Waals surface area (Å²) in [6, 6.07) is 23.8. The fourth-order valence-electron chi connectivity index (χ4n) is 6.52. The summed E-state index contributed by atoms with van der Waals surface area (Å²) >= 11 is 0. The second kappa shape index (κ2) is 8.87. The number of aromatic amines is 1. The molecule has 2 bridgehead atoms. The quantitative estimate of drug-likeness (QED) is 0.294. The SMILES string of the molecule is O=C(Nc1ccc(-c2nc3ccc(NC(=O)C4CC4c4ccccc4)cc3[nH]2)cc1)C1CC2CCC1C2. The van der Waals surface area contributed by atoms with Crippen molar-refractivity contribution in [2.75, 3.05) is 10.6 Å². The van der Waals surface area contributed by atoms with Gasteiger partial charge in [0.2, 0.25) is 11.8 Å². The predicted molar refractivity (Wildman–Crippen MR) is 145 cm³/mol. The maximum absolute atomic E-state index is 12.8.